The van der Waals surface area contributed by atoms with Crippen LogP contribution < -0.4 is 0 Å². The largest absolute Gasteiger partial charge is 0.252 e. The monoisotopic (exact) mass is 219 g/mol. The SMILES string of the molecule is c1ccc2c(c1)nc1c3c(cccc32)CCC1. The van der Waals surface area contributed by atoms with Gasteiger partial charge in [0.1, 0.15) is 0 Å². The highest BCUT2D eigenvalue weighted by Gasteiger charge is 2.15. The van der Waals surface area contributed by atoms with E-state index in [1.807, 2.05) is 0 Å². The van der Waals surface area contributed by atoms with Crippen molar-refractivity contribution in [2.24, 2.45) is 0 Å². The quantitative estimate of drug-likeness (QED) is 0.523. The summed E-state index contributed by atoms with van der Waals surface area (Å²) in [6, 6.07) is 15.1. The smallest absolute Gasteiger partial charge is 0.0711 e. The minimum atomic E-state index is 1.12. The van der Waals surface area contributed by atoms with E-state index < -0.39 is 0 Å². The Morgan fingerprint density at radius 2 is 1.71 bits per heavy atom. The average molecular weight is 219 g/mol. The van der Waals surface area contributed by atoms with Crippen LogP contribution in [0.25, 0.3) is 21.7 Å². The molecular formula is C16H13N. The van der Waals surface area contributed by atoms with E-state index in [0.29, 0.717) is 0 Å². The molecule has 1 heterocycles. The average Bonchev–Trinajstić information content (AvgIpc) is 2.39. The van der Waals surface area contributed by atoms with Gasteiger partial charge in [-0.3, -0.25) is 4.98 Å². The molecule has 0 spiro atoms. The molecule has 0 amide bonds. The summed E-state index contributed by atoms with van der Waals surface area (Å²) >= 11 is 0. The van der Waals surface area contributed by atoms with E-state index in [4.69, 9.17) is 4.98 Å². The van der Waals surface area contributed by atoms with Crippen molar-refractivity contribution < 1.29 is 0 Å². The lowest BCUT2D eigenvalue weighted by Gasteiger charge is -2.17. The van der Waals surface area contributed by atoms with Gasteiger partial charge >= 0.3 is 0 Å². The zero-order chi connectivity index (χ0) is 11.2. The number of rotatable bonds is 0. The Kier molecular flexibility index (Phi) is 1.78. The van der Waals surface area contributed by atoms with E-state index in [-0.39, 0.29) is 0 Å². The number of benzene rings is 2. The topological polar surface area (TPSA) is 12.9 Å². The maximum absolute atomic E-state index is 4.83. The molecule has 0 aliphatic heterocycles. The van der Waals surface area contributed by atoms with Crippen molar-refractivity contribution in [1.82, 2.24) is 4.98 Å². The molecule has 0 radical (unpaired) electrons. The lowest BCUT2D eigenvalue weighted by atomic mass is 9.90. The molecule has 1 heteroatoms. The molecule has 0 saturated heterocycles. The van der Waals surface area contributed by atoms with Gasteiger partial charge in [-0.2, -0.15) is 0 Å². The molecule has 1 nitrogen and oxygen atoms in total. The van der Waals surface area contributed by atoms with Crippen molar-refractivity contribution in [1.29, 1.82) is 0 Å². The predicted octanol–water partition coefficient (Wildman–Crippen LogP) is 3.88. The molecule has 0 bridgehead atoms. The molecule has 0 atom stereocenters. The van der Waals surface area contributed by atoms with Crippen LogP contribution >= 0.6 is 0 Å². The van der Waals surface area contributed by atoms with Crippen LogP contribution in [0.15, 0.2) is 42.5 Å². The van der Waals surface area contributed by atoms with Gasteiger partial charge in [-0.25, -0.2) is 0 Å². The second-order valence-electron chi connectivity index (χ2n) is 4.77. The molecule has 4 rings (SSSR count). The van der Waals surface area contributed by atoms with Gasteiger partial charge < -0.3 is 0 Å². The molecule has 0 fully saturated rings. The number of fused-ring (bicyclic) bond motifs is 2. The van der Waals surface area contributed by atoms with Gasteiger partial charge in [-0.15, -0.1) is 0 Å². The normalized spacial score (nSPS) is 14.4. The fourth-order valence-corrected chi connectivity index (χ4v) is 3.00. The summed E-state index contributed by atoms with van der Waals surface area (Å²) in [6.45, 7) is 0. The lowest BCUT2D eigenvalue weighted by molar-refractivity contribution is 0.789. The molecule has 0 saturated carbocycles. The van der Waals surface area contributed by atoms with Crippen LogP contribution in [0.1, 0.15) is 17.7 Å². The van der Waals surface area contributed by atoms with Crippen LogP contribution in [0.5, 0.6) is 0 Å². The van der Waals surface area contributed by atoms with Crippen LogP contribution in [0, 0.1) is 0 Å². The second kappa shape index (κ2) is 3.30. The van der Waals surface area contributed by atoms with E-state index in [0.717, 1.165) is 11.9 Å². The van der Waals surface area contributed by atoms with E-state index in [9.17, 15) is 0 Å². The molecule has 82 valence electrons. The van der Waals surface area contributed by atoms with Crippen LogP contribution in [-0.2, 0) is 12.8 Å². The van der Waals surface area contributed by atoms with Gasteiger partial charge in [0.25, 0.3) is 0 Å². The van der Waals surface area contributed by atoms with Crippen molar-refractivity contribution in [2.75, 3.05) is 0 Å². The number of aromatic nitrogens is 1. The van der Waals surface area contributed by atoms with Gasteiger partial charge in [0.15, 0.2) is 0 Å². The third-order valence-corrected chi connectivity index (χ3v) is 3.75. The van der Waals surface area contributed by atoms with Gasteiger partial charge in [-0.05, 0) is 36.3 Å². The summed E-state index contributed by atoms with van der Waals surface area (Å²) in [5.74, 6) is 0. The predicted molar refractivity (Wildman–Crippen MR) is 71.3 cm³/mol. The van der Waals surface area contributed by atoms with Gasteiger partial charge in [0, 0.05) is 16.5 Å². The number of pyridine rings is 1. The molecule has 17 heavy (non-hydrogen) atoms. The zero-order valence-corrected chi connectivity index (χ0v) is 9.61. The van der Waals surface area contributed by atoms with Gasteiger partial charge in [0.05, 0.1) is 5.52 Å². The Labute approximate surface area is 100 Å². The fraction of sp³-hybridized carbons (Fsp3) is 0.188. The summed E-state index contributed by atoms with van der Waals surface area (Å²) in [5, 5.41) is 4.08. The van der Waals surface area contributed by atoms with Crippen molar-refractivity contribution in [2.45, 2.75) is 19.3 Å². The minimum absolute atomic E-state index is 1.12. The maximum Gasteiger partial charge on any atom is 0.0711 e. The van der Waals surface area contributed by atoms with Crippen LogP contribution in [0.2, 0.25) is 0 Å². The molecule has 1 aromatic heterocycles. The van der Waals surface area contributed by atoms with Crippen LogP contribution in [0.4, 0.5) is 0 Å². The third-order valence-electron chi connectivity index (χ3n) is 3.75. The fourth-order valence-electron chi connectivity index (χ4n) is 3.00. The summed E-state index contributed by atoms with van der Waals surface area (Å²) in [4.78, 5) is 4.83. The zero-order valence-electron chi connectivity index (χ0n) is 9.61. The Balaban J connectivity index is 2.30. The van der Waals surface area contributed by atoms with E-state index in [1.54, 1.807) is 0 Å². The van der Waals surface area contributed by atoms with E-state index in [2.05, 4.69) is 42.5 Å². The third kappa shape index (κ3) is 1.22. The van der Waals surface area contributed by atoms with E-state index >= 15 is 0 Å². The summed E-state index contributed by atoms with van der Waals surface area (Å²) in [6.07, 6.45) is 3.56. The molecule has 3 aromatic rings. The minimum Gasteiger partial charge on any atom is -0.252 e. The van der Waals surface area contributed by atoms with Crippen molar-refractivity contribution in [3.05, 3.63) is 53.7 Å². The first-order chi connectivity index (χ1) is 8.43. The number of hydrogen-bond donors (Lipinski definition) is 0. The Hall–Kier alpha value is -1.89. The Morgan fingerprint density at radius 3 is 2.71 bits per heavy atom. The number of para-hydroxylation sites is 1. The molecule has 1 aliphatic rings. The standard InChI is InChI=1S/C16H13N/c1-2-9-14-12(7-1)13-8-3-5-11-6-4-10-15(17-14)16(11)13/h1-3,5,7-9H,4,6,10H2. The summed E-state index contributed by atoms with van der Waals surface area (Å²) < 4.78 is 0. The lowest BCUT2D eigenvalue weighted by Crippen LogP contribution is -2.04. The number of hydrogen-bond acceptors (Lipinski definition) is 1. The van der Waals surface area contributed by atoms with Gasteiger partial charge in [-0.1, -0.05) is 36.4 Å². The molecule has 0 N–H and O–H groups in total. The van der Waals surface area contributed by atoms with Gasteiger partial charge in [0.2, 0.25) is 0 Å². The number of nitrogens with zero attached hydrogens (tertiary/aromatic N) is 1. The highest BCUT2D eigenvalue weighted by Crippen LogP contribution is 2.32. The van der Waals surface area contributed by atoms with Crippen LogP contribution in [0.3, 0.4) is 0 Å². The highest BCUT2D eigenvalue weighted by molar-refractivity contribution is 6.07. The van der Waals surface area contributed by atoms with Crippen molar-refractivity contribution in [3.8, 4) is 0 Å². The first-order valence-corrected chi connectivity index (χ1v) is 6.23. The second-order valence-corrected chi connectivity index (χ2v) is 4.77. The summed E-state index contributed by atoms with van der Waals surface area (Å²) in [7, 11) is 0. The number of aryl methyl sites for hydroxylation is 2. The molecule has 2 aromatic carbocycles. The molecular weight excluding hydrogens is 206 g/mol. The van der Waals surface area contributed by atoms with E-state index in [1.165, 1.54) is 40.3 Å². The summed E-state index contributed by atoms with van der Waals surface area (Å²) in [5.41, 5.74) is 3.90. The Bertz CT molecular complexity index is 728. The first kappa shape index (κ1) is 9.17. The molecule has 0 unspecified atom stereocenters. The Morgan fingerprint density at radius 1 is 0.824 bits per heavy atom. The maximum atomic E-state index is 4.83. The highest BCUT2D eigenvalue weighted by atomic mass is 14.7. The molecule has 1 aliphatic carbocycles. The first-order valence-electron chi connectivity index (χ1n) is 6.23. The van der Waals surface area contributed by atoms with Crippen molar-refractivity contribution >= 4 is 21.7 Å². The van der Waals surface area contributed by atoms with Crippen LogP contribution in [-0.4, -0.2) is 4.98 Å². The van der Waals surface area contributed by atoms with Crippen molar-refractivity contribution in [3.63, 3.8) is 0 Å².